The van der Waals surface area contributed by atoms with Crippen molar-refractivity contribution in [1.29, 1.82) is 0 Å². The Morgan fingerprint density at radius 3 is 2.10 bits per heavy atom. The summed E-state index contributed by atoms with van der Waals surface area (Å²) in [6.45, 7) is 5.32. The second-order valence-electron chi connectivity index (χ2n) is 8.17. The van der Waals surface area contributed by atoms with Gasteiger partial charge in [-0.2, -0.15) is 0 Å². The van der Waals surface area contributed by atoms with Gasteiger partial charge >= 0.3 is 0 Å². The first kappa shape index (κ1) is 13.6. The Labute approximate surface area is 124 Å². The standard InChI is InChI=1S/C18H32N2/c1-2-6-20(7-3-1)8-4-5-19-18-16-10-14-9-15(12-16)13-17(18)11-14/h14-19H,1-13H2. The minimum Gasteiger partial charge on any atom is -0.313 e. The van der Waals surface area contributed by atoms with Gasteiger partial charge in [-0.25, -0.2) is 0 Å². The van der Waals surface area contributed by atoms with Crippen molar-refractivity contribution < 1.29 is 0 Å². The first-order chi connectivity index (χ1) is 9.88. The topological polar surface area (TPSA) is 15.3 Å². The highest BCUT2D eigenvalue weighted by Gasteiger charge is 2.47. The Morgan fingerprint density at radius 2 is 1.45 bits per heavy atom. The summed E-state index contributed by atoms with van der Waals surface area (Å²) in [4.78, 5) is 2.68. The summed E-state index contributed by atoms with van der Waals surface area (Å²) in [5.41, 5.74) is 0. The van der Waals surface area contributed by atoms with Gasteiger partial charge in [0.15, 0.2) is 0 Å². The molecule has 0 atom stereocenters. The molecule has 5 rings (SSSR count). The maximum Gasteiger partial charge on any atom is 0.0124 e. The van der Waals surface area contributed by atoms with Gasteiger partial charge in [0, 0.05) is 6.04 Å². The van der Waals surface area contributed by atoms with Crippen molar-refractivity contribution >= 4 is 0 Å². The average Bonchev–Trinajstić information content (AvgIpc) is 2.46. The molecule has 5 aliphatic rings. The summed E-state index contributed by atoms with van der Waals surface area (Å²) >= 11 is 0. The lowest BCUT2D eigenvalue weighted by Gasteiger charge is -2.54. The van der Waals surface area contributed by atoms with E-state index in [2.05, 4.69) is 10.2 Å². The molecule has 4 saturated carbocycles. The summed E-state index contributed by atoms with van der Waals surface area (Å²) < 4.78 is 0. The van der Waals surface area contributed by atoms with Crippen LogP contribution in [0.4, 0.5) is 0 Å². The minimum absolute atomic E-state index is 0.893. The normalized spacial score (nSPS) is 44.1. The predicted octanol–water partition coefficient (Wildman–Crippen LogP) is 3.28. The van der Waals surface area contributed by atoms with Crippen LogP contribution in [0.3, 0.4) is 0 Å². The van der Waals surface area contributed by atoms with Crippen LogP contribution in [0, 0.1) is 23.7 Å². The van der Waals surface area contributed by atoms with E-state index in [1.165, 1.54) is 51.9 Å². The fourth-order valence-corrected chi connectivity index (χ4v) is 6.01. The van der Waals surface area contributed by atoms with Crippen molar-refractivity contribution in [2.45, 2.75) is 63.8 Å². The lowest BCUT2D eigenvalue weighted by Crippen LogP contribution is -2.54. The largest absolute Gasteiger partial charge is 0.313 e. The van der Waals surface area contributed by atoms with Gasteiger partial charge in [-0.05, 0) is 101 Å². The van der Waals surface area contributed by atoms with Gasteiger partial charge < -0.3 is 10.2 Å². The zero-order chi connectivity index (χ0) is 13.4. The first-order valence-corrected chi connectivity index (χ1v) is 9.34. The second-order valence-corrected chi connectivity index (χ2v) is 8.17. The molecule has 0 aromatic carbocycles. The van der Waals surface area contributed by atoms with E-state index in [9.17, 15) is 0 Å². The summed E-state index contributed by atoms with van der Waals surface area (Å²) in [5.74, 6) is 4.32. The third-order valence-electron chi connectivity index (χ3n) is 6.71. The molecule has 114 valence electrons. The van der Waals surface area contributed by atoms with Crippen LogP contribution in [0.5, 0.6) is 0 Å². The molecule has 0 spiro atoms. The van der Waals surface area contributed by atoms with Crippen molar-refractivity contribution in [3.63, 3.8) is 0 Å². The van der Waals surface area contributed by atoms with Gasteiger partial charge in [-0.3, -0.25) is 0 Å². The number of rotatable bonds is 5. The van der Waals surface area contributed by atoms with Crippen molar-refractivity contribution in [3.05, 3.63) is 0 Å². The van der Waals surface area contributed by atoms with Crippen molar-refractivity contribution in [1.82, 2.24) is 10.2 Å². The third kappa shape index (κ3) is 2.78. The van der Waals surface area contributed by atoms with E-state index >= 15 is 0 Å². The van der Waals surface area contributed by atoms with E-state index in [4.69, 9.17) is 0 Å². The number of hydrogen-bond donors (Lipinski definition) is 1. The smallest absolute Gasteiger partial charge is 0.0124 e. The molecule has 0 radical (unpaired) electrons. The number of nitrogens with one attached hydrogen (secondary N) is 1. The van der Waals surface area contributed by atoms with E-state index in [1.54, 1.807) is 32.1 Å². The molecular formula is C18H32N2. The number of likely N-dealkylation sites (tertiary alicyclic amines) is 1. The second kappa shape index (κ2) is 5.96. The summed E-state index contributed by atoms with van der Waals surface area (Å²) in [5, 5.41) is 3.98. The molecule has 1 aliphatic heterocycles. The van der Waals surface area contributed by atoms with Crippen LogP contribution in [-0.2, 0) is 0 Å². The molecule has 1 heterocycles. The van der Waals surface area contributed by atoms with Crippen LogP contribution >= 0.6 is 0 Å². The Morgan fingerprint density at radius 1 is 0.800 bits per heavy atom. The monoisotopic (exact) mass is 276 g/mol. The minimum atomic E-state index is 0.893. The Bertz CT molecular complexity index is 293. The highest BCUT2D eigenvalue weighted by Crippen LogP contribution is 2.53. The maximum absolute atomic E-state index is 3.98. The average molecular weight is 276 g/mol. The van der Waals surface area contributed by atoms with Crippen LogP contribution < -0.4 is 5.32 Å². The summed E-state index contributed by atoms with van der Waals surface area (Å²) in [6, 6.07) is 0.893. The van der Waals surface area contributed by atoms with Crippen molar-refractivity contribution in [2.75, 3.05) is 26.2 Å². The van der Waals surface area contributed by atoms with Crippen LogP contribution in [0.15, 0.2) is 0 Å². The number of hydrogen-bond acceptors (Lipinski definition) is 2. The molecule has 0 amide bonds. The predicted molar refractivity (Wildman–Crippen MR) is 83.7 cm³/mol. The van der Waals surface area contributed by atoms with Crippen LogP contribution in [0.25, 0.3) is 0 Å². The van der Waals surface area contributed by atoms with Crippen LogP contribution in [-0.4, -0.2) is 37.1 Å². The Kier molecular flexibility index (Phi) is 4.05. The van der Waals surface area contributed by atoms with Gasteiger partial charge in [0.25, 0.3) is 0 Å². The van der Waals surface area contributed by atoms with Crippen LogP contribution in [0.2, 0.25) is 0 Å². The fraction of sp³-hybridized carbons (Fsp3) is 1.00. The molecule has 4 bridgehead atoms. The van der Waals surface area contributed by atoms with Crippen LogP contribution in [0.1, 0.15) is 57.8 Å². The first-order valence-electron chi connectivity index (χ1n) is 9.34. The van der Waals surface area contributed by atoms with Gasteiger partial charge in [0.05, 0.1) is 0 Å². The van der Waals surface area contributed by atoms with Crippen molar-refractivity contribution in [2.24, 2.45) is 23.7 Å². The Hall–Kier alpha value is -0.0800. The Balaban J connectivity index is 1.20. The molecule has 0 aromatic heterocycles. The maximum atomic E-state index is 3.98. The SMILES string of the molecule is C1CCN(CCCNC2C3CC4CC(C3)CC2C4)CC1. The van der Waals surface area contributed by atoms with Crippen molar-refractivity contribution in [3.8, 4) is 0 Å². The van der Waals surface area contributed by atoms with E-state index in [0.29, 0.717) is 0 Å². The molecule has 2 heteroatoms. The number of piperidine rings is 1. The molecule has 0 aromatic rings. The molecule has 0 unspecified atom stereocenters. The van der Waals surface area contributed by atoms with Gasteiger partial charge in [0.2, 0.25) is 0 Å². The molecule has 1 N–H and O–H groups in total. The van der Waals surface area contributed by atoms with E-state index in [0.717, 1.165) is 29.7 Å². The zero-order valence-electron chi connectivity index (χ0n) is 13.0. The van der Waals surface area contributed by atoms with Gasteiger partial charge in [-0.15, -0.1) is 0 Å². The van der Waals surface area contributed by atoms with E-state index < -0.39 is 0 Å². The quantitative estimate of drug-likeness (QED) is 0.775. The fourth-order valence-electron chi connectivity index (χ4n) is 6.01. The summed E-state index contributed by atoms with van der Waals surface area (Å²) in [7, 11) is 0. The molecule has 1 saturated heterocycles. The molecule has 20 heavy (non-hydrogen) atoms. The molecular weight excluding hydrogens is 244 g/mol. The van der Waals surface area contributed by atoms with Gasteiger partial charge in [-0.1, -0.05) is 6.42 Å². The molecule has 5 fully saturated rings. The highest BCUT2D eigenvalue weighted by atomic mass is 15.1. The lowest BCUT2D eigenvalue weighted by molar-refractivity contribution is -0.0137. The highest BCUT2D eigenvalue weighted by molar-refractivity contribution is 5.01. The lowest BCUT2D eigenvalue weighted by atomic mass is 9.54. The zero-order valence-corrected chi connectivity index (χ0v) is 13.0. The van der Waals surface area contributed by atoms with E-state index in [1.807, 2.05) is 0 Å². The molecule has 2 nitrogen and oxygen atoms in total. The van der Waals surface area contributed by atoms with Gasteiger partial charge in [0.1, 0.15) is 0 Å². The third-order valence-corrected chi connectivity index (χ3v) is 6.71. The number of nitrogens with zero attached hydrogens (tertiary/aromatic N) is 1. The van der Waals surface area contributed by atoms with E-state index in [-0.39, 0.29) is 0 Å². The summed E-state index contributed by atoms with van der Waals surface area (Å²) in [6.07, 6.45) is 13.5. The molecule has 4 aliphatic carbocycles.